The minimum Gasteiger partial charge on any atom is -0.858 e. The third-order valence-electron chi connectivity index (χ3n) is 6.27. The molecule has 0 saturated carbocycles. The van der Waals surface area contributed by atoms with Crippen molar-refractivity contribution in [2.75, 3.05) is 20.3 Å². The molecule has 1 saturated heterocycles. The largest absolute Gasteiger partial charge is 0.858 e. The number of esters is 2. The van der Waals surface area contributed by atoms with E-state index >= 15 is 0 Å². The topological polar surface area (TPSA) is 201 Å². The van der Waals surface area contributed by atoms with Crippen molar-refractivity contribution in [3.63, 3.8) is 0 Å². The molecule has 3 aliphatic heterocycles. The zero-order valence-corrected chi connectivity index (χ0v) is 20.0. The van der Waals surface area contributed by atoms with Crippen LogP contribution in [0.1, 0.15) is 57.4 Å². The average Bonchev–Trinajstić information content (AvgIpc) is 3.33. The summed E-state index contributed by atoms with van der Waals surface area (Å²) in [7, 11) is 1.32. The molecule has 0 aliphatic carbocycles. The van der Waals surface area contributed by atoms with Crippen LogP contribution in [0.5, 0.6) is 0 Å². The Morgan fingerprint density at radius 2 is 1.28 bits per heavy atom. The number of ether oxygens (including phenoxy) is 2. The number of nitrogens with one attached hydrogen (secondary N) is 2. The zero-order chi connectivity index (χ0) is 28.0. The lowest BCUT2D eigenvalue weighted by molar-refractivity contribution is -0.212. The van der Waals surface area contributed by atoms with Crippen LogP contribution < -0.4 is 15.7 Å². The number of aliphatic imine (C=N–C) groups is 1. The van der Waals surface area contributed by atoms with Crippen LogP contribution in [0.2, 0.25) is 0 Å². The molecular formula is C25H17N4O10-. The second kappa shape index (κ2) is 9.48. The maximum Gasteiger partial charge on any atom is 0.338 e. The Hall–Kier alpha value is -5.40. The van der Waals surface area contributed by atoms with Gasteiger partial charge in [-0.2, -0.15) is 0 Å². The number of benzene rings is 2. The summed E-state index contributed by atoms with van der Waals surface area (Å²) < 4.78 is 10.2. The van der Waals surface area contributed by atoms with Gasteiger partial charge < -0.3 is 25.2 Å². The maximum atomic E-state index is 12.5. The number of imide groups is 1. The minimum atomic E-state index is -1.24. The van der Waals surface area contributed by atoms with Crippen LogP contribution in [-0.2, 0) is 19.1 Å². The van der Waals surface area contributed by atoms with E-state index < -0.39 is 72.7 Å². The van der Waals surface area contributed by atoms with Gasteiger partial charge in [0.05, 0.1) is 22.3 Å². The maximum absolute atomic E-state index is 12.5. The number of rotatable bonds is 6. The number of amides is 5. The Balaban J connectivity index is 1.14. The molecule has 39 heavy (non-hydrogen) atoms. The van der Waals surface area contributed by atoms with Crippen molar-refractivity contribution in [3.8, 4) is 0 Å². The Morgan fingerprint density at radius 3 is 1.85 bits per heavy atom. The third-order valence-corrected chi connectivity index (χ3v) is 6.27. The smallest absolute Gasteiger partial charge is 0.338 e. The Bertz CT molecular complexity index is 1550. The SMILES string of the molecule is CN1C(=O)c2ccc(C(=O)OCC3NC(=O)C(COC(=O)c4ccc5c(c4)C([O-])=NC5=O)NC3=O)cc2C1=O. The summed E-state index contributed by atoms with van der Waals surface area (Å²) >= 11 is 0. The fraction of sp³-hybridized carbons (Fsp3) is 0.200. The van der Waals surface area contributed by atoms with Gasteiger partial charge in [-0.1, -0.05) is 0 Å². The minimum absolute atomic E-state index is 0.0242. The molecule has 5 rings (SSSR count). The van der Waals surface area contributed by atoms with Crippen LogP contribution >= 0.6 is 0 Å². The summed E-state index contributed by atoms with van der Waals surface area (Å²) in [6, 6.07) is 5.07. The lowest BCUT2D eigenvalue weighted by atomic mass is 10.1. The van der Waals surface area contributed by atoms with E-state index in [2.05, 4.69) is 15.6 Å². The van der Waals surface area contributed by atoms with Gasteiger partial charge in [0.25, 0.3) is 17.7 Å². The van der Waals surface area contributed by atoms with Crippen molar-refractivity contribution in [2.24, 2.45) is 4.99 Å². The molecular weight excluding hydrogens is 516 g/mol. The van der Waals surface area contributed by atoms with Crippen LogP contribution in [0.4, 0.5) is 0 Å². The normalized spacial score (nSPS) is 19.7. The first kappa shape index (κ1) is 25.3. The van der Waals surface area contributed by atoms with E-state index in [1.165, 1.54) is 37.4 Å². The molecule has 14 nitrogen and oxygen atoms in total. The molecule has 2 unspecified atom stereocenters. The highest BCUT2D eigenvalue weighted by molar-refractivity contribution is 6.21. The molecule has 2 atom stereocenters. The number of hydrogen-bond acceptors (Lipinski definition) is 10. The first-order valence-corrected chi connectivity index (χ1v) is 11.4. The van der Waals surface area contributed by atoms with E-state index in [9.17, 15) is 38.7 Å². The molecule has 0 spiro atoms. The number of piperazine rings is 1. The summed E-state index contributed by atoms with van der Waals surface area (Å²) in [4.78, 5) is 89.6. The number of hydrogen-bond donors (Lipinski definition) is 2. The molecule has 2 aromatic rings. The van der Waals surface area contributed by atoms with Crippen molar-refractivity contribution in [3.05, 3.63) is 69.8 Å². The van der Waals surface area contributed by atoms with Crippen molar-refractivity contribution in [1.29, 1.82) is 0 Å². The summed E-state index contributed by atoms with van der Waals surface area (Å²) in [5.74, 6) is -5.73. The zero-order valence-electron chi connectivity index (χ0n) is 20.0. The highest BCUT2D eigenvalue weighted by Crippen LogP contribution is 2.23. The summed E-state index contributed by atoms with van der Waals surface area (Å²) in [6.45, 7) is -1.06. The molecule has 0 bridgehead atoms. The van der Waals surface area contributed by atoms with E-state index in [1.54, 1.807) is 0 Å². The van der Waals surface area contributed by atoms with Gasteiger partial charge in [0.1, 0.15) is 25.3 Å². The van der Waals surface area contributed by atoms with Gasteiger partial charge in [-0.3, -0.25) is 28.9 Å². The van der Waals surface area contributed by atoms with Crippen LogP contribution in [0, 0.1) is 0 Å². The average molecular weight is 533 g/mol. The predicted molar refractivity (Wildman–Crippen MR) is 125 cm³/mol. The standard InChI is InChI=1S/C25H18N4O10/c1-29-22(34)13-5-3-11(7-15(13)23(29)35)25(37)39-9-17-21(33)26-16(20(32)27-17)8-38-24(36)10-2-4-12-14(6-10)19(31)28-18(12)30/h2-7,16-17H,8-9H2,1H3,(H,26,33)(H,27,32)(H,28,30,31)/p-1. The highest BCUT2D eigenvalue weighted by Gasteiger charge is 2.36. The van der Waals surface area contributed by atoms with Crippen LogP contribution in [0.3, 0.4) is 0 Å². The summed E-state index contributed by atoms with van der Waals surface area (Å²) in [6.07, 6.45) is 0. The van der Waals surface area contributed by atoms with Crippen molar-refractivity contribution < 1.29 is 48.1 Å². The van der Waals surface area contributed by atoms with Gasteiger partial charge in [0, 0.05) is 12.6 Å². The Morgan fingerprint density at radius 1 is 0.795 bits per heavy atom. The fourth-order valence-electron chi connectivity index (χ4n) is 4.13. The molecule has 0 aromatic heterocycles. The van der Waals surface area contributed by atoms with Gasteiger partial charge in [-0.05, 0) is 47.9 Å². The third kappa shape index (κ3) is 4.47. The van der Waals surface area contributed by atoms with Crippen LogP contribution in [0.25, 0.3) is 0 Å². The van der Waals surface area contributed by atoms with Gasteiger partial charge >= 0.3 is 11.9 Å². The summed E-state index contributed by atoms with van der Waals surface area (Å²) in [5, 5.41) is 16.5. The predicted octanol–water partition coefficient (Wildman–Crippen LogP) is -1.83. The molecule has 198 valence electrons. The van der Waals surface area contributed by atoms with Crippen LogP contribution in [-0.4, -0.2) is 84.6 Å². The van der Waals surface area contributed by atoms with Gasteiger partial charge in [-0.25, -0.2) is 14.6 Å². The Labute approximate surface area is 218 Å². The molecule has 2 N–H and O–H groups in total. The van der Waals surface area contributed by atoms with E-state index in [4.69, 9.17) is 9.47 Å². The molecule has 0 radical (unpaired) electrons. The molecule has 3 heterocycles. The highest BCUT2D eigenvalue weighted by atomic mass is 16.5. The van der Waals surface area contributed by atoms with Gasteiger partial charge in [0.2, 0.25) is 11.8 Å². The molecule has 1 fully saturated rings. The second-order valence-electron chi connectivity index (χ2n) is 8.73. The first-order chi connectivity index (χ1) is 18.5. The number of carbonyl (C=O) groups is 7. The fourth-order valence-corrected chi connectivity index (χ4v) is 4.13. The molecule has 3 aliphatic rings. The van der Waals surface area contributed by atoms with Crippen molar-refractivity contribution in [2.45, 2.75) is 12.1 Å². The van der Waals surface area contributed by atoms with Crippen molar-refractivity contribution >= 4 is 47.4 Å². The lowest BCUT2D eigenvalue weighted by Crippen LogP contribution is -2.64. The second-order valence-corrected chi connectivity index (χ2v) is 8.73. The van der Waals surface area contributed by atoms with Crippen molar-refractivity contribution in [1.82, 2.24) is 15.5 Å². The first-order valence-electron chi connectivity index (χ1n) is 11.4. The van der Waals surface area contributed by atoms with Gasteiger partial charge in [0.15, 0.2) is 0 Å². The van der Waals surface area contributed by atoms with Crippen LogP contribution in [0.15, 0.2) is 41.4 Å². The molecule has 5 amide bonds. The number of nitrogens with zero attached hydrogens (tertiary/aromatic N) is 2. The monoisotopic (exact) mass is 533 g/mol. The van der Waals surface area contributed by atoms with E-state index in [1.807, 2.05) is 0 Å². The summed E-state index contributed by atoms with van der Waals surface area (Å²) in [5.41, 5.74) is 0.151. The Kier molecular flexibility index (Phi) is 6.14. The quantitative estimate of drug-likeness (QED) is 0.314. The van der Waals surface area contributed by atoms with E-state index in [0.717, 1.165) is 11.0 Å². The van der Waals surface area contributed by atoms with Gasteiger partial charge in [-0.15, -0.1) is 0 Å². The molecule has 2 aromatic carbocycles. The molecule has 14 heteroatoms. The van der Waals surface area contributed by atoms with E-state index in [-0.39, 0.29) is 33.4 Å². The number of fused-ring (bicyclic) bond motifs is 2. The number of carbonyl (C=O) groups excluding carboxylic acids is 7. The lowest BCUT2D eigenvalue weighted by Gasteiger charge is -2.29. The van der Waals surface area contributed by atoms with E-state index in [0.29, 0.717) is 0 Å².